The summed E-state index contributed by atoms with van der Waals surface area (Å²) in [5, 5.41) is 3.49. The van der Waals surface area contributed by atoms with Crippen LogP contribution in [0.1, 0.15) is 41.5 Å². The van der Waals surface area contributed by atoms with Crippen molar-refractivity contribution in [1.29, 1.82) is 0 Å². The lowest BCUT2D eigenvalue weighted by molar-refractivity contribution is 0.0759. The van der Waals surface area contributed by atoms with Crippen LogP contribution in [0.4, 0.5) is 0 Å². The van der Waals surface area contributed by atoms with Gasteiger partial charge in [-0.2, -0.15) is 0 Å². The third-order valence-electron chi connectivity index (χ3n) is 4.00. The molecule has 0 rings (SSSR count). The van der Waals surface area contributed by atoms with Crippen LogP contribution >= 0.6 is 0 Å². The Labute approximate surface area is 108 Å². The van der Waals surface area contributed by atoms with Gasteiger partial charge in [-0.15, -0.1) is 0 Å². The average Bonchev–Trinajstić information content (AvgIpc) is 2.11. The molecule has 2 heteroatoms. The summed E-state index contributed by atoms with van der Waals surface area (Å²) >= 11 is 0. The van der Waals surface area contributed by atoms with Gasteiger partial charge < -0.3 is 10.2 Å². The van der Waals surface area contributed by atoms with Crippen molar-refractivity contribution in [3.8, 4) is 0 Å². The van der Waals surface area contributed by atoms with Crippen molar-refractivity contribution >= 4 is 0 Å². The Kier molecular flexibility index (Phi) is 5.73. The van der Waals surface area contributed by atoms with Crippen LogP contribution in [0.5, 0.6) is 0 Å². The second-order valence-corrected chi connectivity index (χ2v) is 7.04. The van der Waals surface area contributed by atoms with Gasteiger partial charge in [0, 0.05) is 18.8 Å². The molecule has 0 aliphatic heterocycles. The summed E-state index contributed by atoms with van der Waals surface area (Å²) in [5.74, 6) is 0.503. The summed E-state index contributed by atoms with van der Waals surface area (Å²) in [4.78, 5) is 2.26. The van der Waals surface area contributed by atoms with Crippen LogP contribution in [0.3, 0.4) is 0 Å². The highest BCUT2D eigenvalue weighted by Gasteiger charge is 2.37. The minimum absolute atomic E-state index is 0.231. The number of nitrogens with zero attached hydrogens (tertiary/aromatic N) is 1. The Balaban J connectivity index is 4.50. The molecule has 0 aromatic heterocycles. The highest BCUT2D eigenvalue weighted by Crippen LogP contribution is 2.38. The third kappa shape index (κ3) is 5.12. The van der Waals surface area contributed by atoms with Crippen LogP contribution in [0.25, 0.3) is 0 Å². The van der Waals surface area contributed by atoms with E-state index in [0.29, 0.717) is 5.92 Å². The number of rotatable bonds is 7. The molecule has 0 aliphatic rings. The molecule has 0 bridgehead atoms. The van der Waals surface area contributed by atoms with Crippen molar-refractivity contribution in [1.82, 2.24) is 10.2 Å². The van der Waals surface area contributed by atoms with Crippen molar-refractivity contribution in [3.05, 3.63) is 12.3 Å². The molecule has 0 amide bonds. The van der Waals surface area contributed by atoms with Crippen LogP contribution in [-0.2, 0) is 0 Å². The fourth-order valence-electron chi connectivity index (χ4n) is 1.78. The van der Waals surface area contributed by atoms with Gasteiger partial charge in [0.05, 0.1) is 0 Å². The second-order valence-electron chi connectivity index (χ2n) is 7.04. The zero-order valence-electron chi connectivity index (χ0n) is 13.1. The summed E-state index contributed by atoms with van der Waals surface area (Å²) in [6.45, 7) is 19.8. The Morgan fingerprint density at radius 2 is 1.59 bits per heavy atom. The molecular formula is C15H32N2. The van der Waals surface area contributed by atoms with E-state index in [4.69, 9.17) is 0 Å². The van der Waals surface area contributed by atoms with E-state index in [-0.39, 0.29) is 10.8 Å². The minimum Gasteiger partial charge on any atom is -0.388 e. The molecule has 102 valence electrons. The van der Waals surface area contributed by atoms with Crippen molar-refractivity contribution in [2.24, 2.45) is 16.7 Å². The first-order valence-electron chi connectivity index (χ1n) is 6.57. The van der Waals surface area contributed by atoms with Crippen molar-refractivity contribution in [3.63, 3.8) is 0 Å². The van der Waals surface area contributed by atoms with Gasteiger partial charge in [0.2, 0.25) is 0 Å². The second kappa shape index (κ2) is 5.90. The molecule has 0 atom stereocenters. The summed E-state index contributed by atoms with van der Waals surface area (Å²) in [6, 6.07) is 0. The number of hydrogen-bond acceptors (Lipinski definition) is 2. The first-order chi connectivity index (χ1) is 7.49. The maximum atomic E-state index is 4.08. The van der Waals surface area contributed by atoms with Crippen LogP contribution in [0.2, 0.25) is 0 Å². The van der Waals surface area contributed by atoms with E-state index >= 15 is 0 Å². The summed E-state index contributed by atoms with van der Waals surface area (Å²) in [7, 11) is 4.27. The van der Waals surface area contributed by atoms with E-state index in [2.05, 4.69) is 72.4 Å². The smallest absolute Gasteiger partial charge is 0.0200 e. The quantitative estimate of drug-likeness (QED) is 0.734. The SMILES string of the molecule is C=C(NCC(C)(C)C(C)(C)CN(C)C)C(C)C. The van der Waals surface area contributed by atoms with Crippen molar-refractivity contribution in [2.75, 3.05) is 27.2 Å². The highest BCUT2D eigenvalue weighted by atomic mass is 15.1. The first kappa shape index (κ1) is 16.5. The van der Waals surface area contributed by atoms with Gasteiger partial charge >= 0.3 is 0 Å². The van der Waals surface area contributed by atoms with Gasteiger partial charge in [0.15, 0.2) is 0 Å². The van der Waals surface area contributed by atoms with Crippen LogP contribution < -0.4 is 5.32 Å². The molecule has 0 saturated heterocycles. The third-order valence-corrected chi connectivity index (χ3v) is 4.00. The minimum atomic E-state index is 0.231. The van der Waals surface area contributed by atoms with Gasteiger partial charge in [-0.3, -0.25) is 0 Å². The van der Waals surface area contributed by atoms with Gasteiger partial charge in [-0.1, -0.05) is 48.1 Å². The van der Waals surface area contributed by atoms with Gasteiger partial charge in [0.1, 0.15) is 0 Å². The molecule has 0 unspecified atom stereocenters. The molecule has 17 heavy (non-hydrogen) atoms. The Morgan fingerprint density at radius 1 is 1.12 bits per heavy atom. The molecule has 2 nitrogen and oxygen atoms in total. The van der Waals surface area contributed by atoms with E-state index in [1.807, 2.05) is 0 Å². The lowest BCUT2D eigenvalue weighted by Gasteiger charge is -2.44. The fourth-order valence-corrected chi connectivity index (χ4v) is 1.78. The molecule has 0 fully saturated rings. The molecule has 1 N–H and O–H groups in total. The molecule has 0 aromatic rings. The Hall–Kier alpha value is -0.500. The zero-order valence-corrected chi connectivity index (χ0v) is 13.1. The van der Waals surface area contributed by atoms with Gasteiger partial charge in [-0.25, -0.2) is 0 Å². The summed E-state index contributed by atoms with van der Waals surface area (Å²) in [6.07, 6.45) is 0. The monoisotopic (exact) mass is 240 g/mol. The number of hydrogen-bond donors (Lipinski definition) is 1. The maximum absolute atomic E-state index is 4.08. The predicted octanol–water partition coefficient (Wildman–Crippen LogP) is 3.36. The lowest BCUT2D eigenvalue weighted by atomic mass is 9.67. The summed E-state index contributed by atoms with van der Waals surface area (Å²) < 4.78 is 0. The van der Waals surface area contributed by atoms with Gasteiger partial charge in [-0.05, 0) is 30.8 Å². The van der Waals surface area contributed by atoms with Crippen LogP contribution in [0.15, 0.2) is 12.3 Å². The van der Waals surface area contributed by atoms with Crippen molar-refractivity contribution < 1.29 is 0 Å². The standard InChI is InChI=1S/C15H32N2/c1-12(2)13(3)16-10-14(4,5)15(6,7)11-17(8)9/h12,16H,3,10-11H2,1-2,4-9H3. The van der Waals surface area contributed by atoms with E-state index < -0.39 is 0 Å². The average molecular weight is 240 g/mol. The maximum Gasteiger partial charge on any atom is 0.0200 e. The molecular weight excluding hydrogens is 208 g/mol. The molecule has 0 radical (unpaired) electrons. The van der Waals surface area contributed by atoms with E-state index in [1.165, 1.54) is 0 Å². The zero-order chi connectivity index (χ0) is 13.9. The Bertz CT molecular complexity index is 250. The van der Waals surface area contributed by atoms with E-state index in [9.17, 15) is 0 Å². The normalized spacial score (nSPS) is 13.3. The Morgan fingerprint density at radius 3 is 1.94 bits per heavy atom. The molecule has 0 spiro atoms. The van der Waals surface area contributed by atoms with Gasteiger partial charge in [0.25, 0.3) is 0 Å². The molecule has 0 saturated carbocycles. The fraction of sp³-hybridized carbons (Fsp3) is 0.867. The molecule has 0 aromatic carbocycles. The summed E-state index contributed by atoms with van der Waals surface area (Å²) in [5.41, 5.74) is 1.63. The topological polar surface area (TPSA) is 15.3 Å². The van der Waals surface area contributed by atoms with Crippen molar-refractivity contribution in [2.45, 2.75) is 41.5 Å². The largest absolute Gasteiger partial charge is 0.388 e. The van der Waals surface area contributed by atoms with Crippen LogP contribution in [0, 0.1) is 16.7 Å². The lowest BCUT2D eigenvalue weighted by Crippen LogP contribution is -2.46. The highest BCUT2D eigenvalue weighted by molar-refractivity contribution is 4.98. The number of allylic oxidation sites excluding steroid dienone is 1. The number of nitrogens with one attached hydrogen (secondary N) is 1. The molecule has 0 aliphatic carbocycles. The van der Waals surface area contributed by atoms with E-state index in [0.717, 1.165) is 18.8 Å². The van der Waals surface area contributed by atoms with Crippen LogP contribution in [-0.4, -0.2) is 32.1 Å². The molecule has 0 heterocycles. The first-order valence-corrected chi connectivity index (χ1v) is 6.57. The predicted molar refractivity (Wildman–Crippen MR) is 78.1 cm³/mol. The van der Waals surface area contributed by atoms with E-state index in [1.54, 1.807) is 0 Å².